The van der Waals surface area contributed by atoms with E-state index in [4.69, 9.17) is 0 Å². The molecule has 0 aliphatic rings. The van der Waals surface area contributed by atoms with Gasteiger partial charge in [-0.1, -0.05) is 38.1 Å². The lowest BCUT2D eigenvalue weighted by Crippen LogP contribution is -2.29. The average Bonchev–Trinajstić information content (AvgIpc) is 2.28. The van der Waals surface area contributed by atoms with Crippen LogP contribution < -0.4 is 5.32 Å². The molecular formula is C14H19F2NO. The molecule has 0 saturated carbocycles. The number of carbonyl (C=O) groups excluding carboxylic acids is 1. The summed E-state index contributed by atoms with van der Waals surface area (Å²) in [6.07, 6.45) is 0.647. The van der Waals surface area contributed by atoms with Gasteiger partial charge in [-0.2, -0.15) is 0 Å². The van der Waals surface area contributed by atoms with Crippen LogP contribution in [-0.4, -0.2) is 12.5 Å². The van der Waals surface area contributed by atoms with Crippen LogP contribution >= 0.6 is 0 Å². The summed E-state index contributed by atoms with van der Waals surface area (Å²) in [6, 6.07) is 6.21. The first kappa shape index (κ1) is 14.6. The van der Waals surface area contributed by atoms with Gasteiger partial charge in [0.1, 0.15) is 0 Å². The van der Waals surface area contributed by atoms with E-state index < -0.39 is 5.92 Å². The minimum absolute atomic E-state index is 0.00621. The number of hydrogen-bond donors (Lipinski definition) is 1. The van der Waals surface area contributed by atoms with Crippen molar-refractivity contribution in [2.75, 3.05) is 6.54 Å². The van der Waals surface area contributed by atoms with Crippen molar-refractivity contribution >= 4 is 5.91 Å². The van der Waals surface area contributed by atoms with Gasteiger partial charge in [-0.05, 0) is 12.0 Å². The molecule has 0 heterocycles. The lowest BCUT2D eigenvalue weighted by atomic mass is 10.1. The van der Waals surface area contributed by atoms with E-state index in [0.717, 1.165) is 12.5 Å². The zero-order valence-electron chi connectivity index (χ0n) is 11.0. The van der Waals surface area contributed by atoms with Gasteiger partial charge in [0, 0.05) is 24.9 Å². The van der Waals surface area contributed by atoms with Crippen LogP contribution in [0.1, 0.15) is 31.9 Å². The zero-order chi connectivity index (χ0) is 13.8. The van der Waals surface area contributed by atoms with Crippen LogP contribution in [0.2, 0.25) is 0 Å². The third-order valence-electron chi connectivity index (χ3n) is 2.70. The molecule has 1 N–H and O–H groups in total. The van der Waals surface area contributed by atoms with Crippen LogP contribution in [0.3, 0.4) is 0 Å². The van der Waals surface area contributed by atoms with Crippen LogP contribution in [0.5, 0.6) is 0 Å². The van der Waals surface area contributed by atoms with E-state index in [1.807, 2.05) is 13.8 Å². The fraction of sp³-hybridized carbons (Fsp3) is 0.500. The first-order valence-corrected chi connectivity index (χ1v) is 6.05. The SMILES string of the molecule is CC(C)C(=O)NCCc1ccc(C(C)(F)F)cc1. The predicted molar refractivity (Wildman–Crippen MR) is 67.6 cm³/mol. The van der Waals surface area contributed by atoms with E-state index in [2.05, 4.69) is 5.32 Å². The monoisotopic (exact) mass is 255 g/mol. The molecule has 0 bridgehead atoms. The summed E-state index contributed by atoms with van der Waals surface area (Å²) >= 11 is 0. The second-order valence-electron chi connectivity index (χ2n) is 4.78. The standard InChI is InChI=1S/C14H19F2NO/c1-10(2)13(18)17-9-8-11-4-6-12(7-5-11)14(3,15)16/h4-7,10H,8-9H2,1-3H3,(H,17,18). The molecule has 2 nitrogen and oxygen atoms in total. The molecule has 0 aliphatic heterocycles. The summed E-state index contributed by atoms with van der Waals surface area (Å²) in [5.41, 5.74) is 0.949. The van der Waals surface area contributed by atoms with Crippen molar-refractivity contribution in [3.05, 3.63) is 35.4 Å². The maximum Gasteiger partial charge on any atom is 0.270 e. The third-order valence-corrected chi connectivity index (χ3v) is 2.70. The van der Waals surface area contributed by atoms with Crippen LogP contribution in [0.25, 0.3) is 0 Å². The fourth-order valence-electron chi connectivity index (χ4n) is 1.50. The molecule has 1 amide bonds. The lowest BCUT2D eigenvalue weighted by Gasteiger charge is -2.11. The van der Waals surface area contributed by atoms with Gasteiger partial charge in [-0.15, -0.1) is 0 Å². The number of rotatable bonds is 5. The van der Waals surface area contributed by atoms with Gasteiger partial charge in [-0.25, -0.2) is 8.78 Å². The molecule has 0 spiro atoms. The maximum atomic E-state index is 13.0. The Kier molecular flexibility index (Phi) is 4.82. The molecule has 1 aromatic carbocycles. The van der Waals surface area contributed by atoms with E-state index in [1.165, 1.54) is 12.1 Å². The minimum atomic E-state index is -2.80. The Morgan fingerprint density at radius 2 is 1.83 bits per heavy atom. The molecular weight excluding hydrogens is 236 g/mol. The second-order valence-corrected chi connectivity index (χ2v) is 4.78. The Morgan fingerprint density at radius 1 is 1.28 bits per heavy atom. The van der Waals surface area contributed by atoms with Gasteiger partial charge in [0.25, 0.3) is 5.92 Å². The summed E-state index contributed by atoms with van der Waals surface area (Å²) in [6.45, 7) is 5.06. The van der Waals surface area contributed by atoms with Gasteiger partial charge in [0.05, 0.1) is 0 Å². The van der Waals surface area contributed by atoms with Crippen molar-refractivity contribution in [3.8, 4) is 0 Å². The highest BCUT2D eigenvalue weighted by Gasteiger charge is 2.23. The molecule has 18 heavy (non-hydrogen) atoms. The molecule has 0 radical (unpaired) electrons. The number of carbonyl (C=O) groups is 1. The van der Waals surface area contributed by atoms with Crippen LogP contribution in [-0.2, 0) is 17.1 Å². The molecule has 4 heteroatoms. The zero-order valence-corrected chi connectivity index (χ0v) is 11.0. The largest absolute Gasteiger partial charge is 0.356 e. The number of halogens is 2. The first-order valence-electron chi connectivity index (χ1n) is 6.05. The number of nitrogens with one attached hydrogen (secondary N) is 1. The van der Waals surface area contributed by atoms with Gasteiger partial charge >= 0.3 is 0 Å². The lowest BCUT2D eigenvalue weighted by molar-refractivity contribution is -0.123. The van der Waals surface area contributed by atoms with E-state index >= 15 is 0 Å². The minimum Gasteiger partial charge on any atom is -0.356 e. The smallest absolute Gasteiger partial charge is 0.270 e. The molecule has 1 aromatic rings. The summed E-state index contributed by atoms with van der Waals surface area (Å²) in [4.78, 5) is 11.3. The molecule has 100 valence electrons. The normalized spacial score (nSPS) is 11.7. The van der Waals surface area contributed by atoms with Crippen LogP contribution in [0, 0.1) is 5.92 Å². The summed E-state index contributed by atoms with van der Waals surface area (Å²) in [5, 5.41) is 2.79. The molecule has 0 aromatic heterocycles. The Hall–Kier alpha value is -1.45. The highest BCUT2D eigenvalue weighted by Crippen LogP contribution is 2.26. The third kappa shape index (κ3) is 4.43. The molecule has 0 unspecified atom stereocenters. The predicted octanol–water partition coefficient (Wildman–Crippen LogP) is 3.11. The summed E-state index contributed by atoms with van der Waals surface area (Å²) in [5.74, 6) is -2.83. The Morgan fingerprint density at radius 3 is 2.28 bits per heavy atom. The first-order chi connectivity index (χ1) is 8.30. The van der Waals surface area contributed by atoms with E-state index in [9.17, 15) is 13.6 Å². The van der Waals surface area contributed by atoms with Crippen molar-refractivity contribution in [1.82, 2.24) is 5.32 Å². The number of benzene rings is 1. The van der Waals surface area contributed by atoms with Crippen molar-refractivity contribution in [2.45, 2.75) is 33.1 Å². The van der Waals surface area contributed by atoms with Gasteiger partial charge < -0.3 is 5.32 Å². The van der Waals surface area contributed by atoms with Gasteiger partial charge in [0.2, 0.25) is 5.91 Å². The summed E-state index contributed by atoms with van der Waals surface area (Å²) < 4.78 is 26.0. The van der Waals surface area contributed by atoms with Crippen molar-refractivity contribution in [2.24, 2.45) is 5.92 Å². The van der Waals surface area contributed by atoms with Crippen molar-refractivity contribution in [3.63, 3.8) is 0 Å². The van der Waals surface area contributed by atoms with E-state index in [-0.39, 0.29) is 17.4 Å². The molecule has 0 atom stereocenters. The second kappa shape index (κ2) is 5.94. The highest BCUT2D eigenvalue weighted by molar-refractivity contribution is 5.77. The Balaban J connectivity index is 2.47. The van der Waals surface area contributed by atoms with Crippen LogP contribution in [0.15, 0.2) is 24.3 Å². The molecule has 1 rings (SSSR count). The number of hydrogen-bond acceptors (Lipinski definition) is 1. The molecule has 0 saturated heterocycles. The van der Waals surface area contributed by atoms with Crippen molar-refractivity contribution < 1.29 is 13.6 Å². The number of amides is 1. The molecule has 0 aliphatic carbocycles. The summed E-state index contributed by atoms with van der Waals surface area (Å²) in [7, 11) is 0. The van der Waals surface area contributed by atoms with E-state index in [1.54, 1.807) is 12.1 Å². The van der Waals surface area contributed by atoms with Crippen LogP contribution in [0.4, 0.5) is 8.78 Å². The Bertz CT molecular complexity index is 393. The van der Waals surface area contributed by atoms with Crippen molar-refractivity contribution in [1.29, 1.82) is 0 Å². The maximum absolute atomic E-state index is 13.0. The van der Waals surface area contributed by atoms with E-state index in [0.29, 0.717) is 13.0 Å². The Labute approximate surface area is 106 Å². The fourth-order valence-corrected chi connectivity index (χ4v) is 1.50. The number of alkyl halides is 2. The van der Waals surface area contributed by atoms with Gasteiger partial charge in [-0.3, -0.25) is 4.79 Å². The molecule has 0 fully saturated rings. The average molecular weight is 255 g/mol. The topological polar surface area (TPSA) is 29.1 Å². The quantitative estimate of drug-likeness (QED) is 0.860. The van der Waals surface area contributed by atoms with Gasteiger partial charge in [0.15, 0.2) is 0 Å². The highest BCUT2D eigenvalue weighted by atomic mass is 19.3.